The molecule has 2 aliphatic heterocycles. The van der Waals surface area contributed by atoms with Gasteiger partial charge in [-0.05, 0) is 37.0 Å². The van der Waals surface area contributed by atoms with Gasteiger partial charge in [0.15, 0.2) is 12.6 Å². The summed E-state index contributed by atoms with van der Waals surface area (Å²) in [6, 6.07) is 16.4. The molecule has 2 aliphatic rings. The molecule has 28 heavy (non-hydrogen) atoms. The predicted molar refractivity (Wildman–Crippen MR) is 108 cm³/mol. The maximum absolute atomic E-state index is 6.43. The zero-order chi connectivity index (χ0) is 19.5. The molecule has 0 amide bonds. The first-order valence-electron chi connectivity index (χ1n) is 10.4. The monoisotopic (exact) mass is 382 g/mol. The van der Waals surface area contributed by atoms with Crippen molar-refractivity contribution in [2.45, 2.75) is 77.5 Å². The first-order valence-corrected chi connectivity index (χ1v) is 10.4. The van der Waals surface area contributed by atoms with Crippen LogP contribution in [0, 0.1) is 13.8 Å². The van der Waals surface area contributed by atoms with Crippen molar-refractivity contribution in [3.8, 4) is 0 Å². The van der Waals surface area contributed by atoms with Crippen molar-refractivity contribution in [2.75, 3.05) is 0 Å². The lowest BCUT2D eigenvalue weighted by atomic mass is 10.0. The van der Waals surface area contributed by atoms with Crippen LogP contribution < -0.4 is 0 Å². The van der Waals surface area contributed by atoms with E-state index in [1.807, 2.05) is 30.3 Å². The molecule has 2 heterocycles. The van der Waals surface area contributed by atoms with Crippen LogP contribution in [0.25, 0.3) is 0 Å². The summed E-state index contributed by atoms with van der Waals surface area (Å²) in [5.74, 6) is 0. The topological polar surface area (TPSA) is 36.9 Å². The molecule has 2 fully saturated rings. The number of hydrogen-bond acceptors (Lipinski definition) is 4. The van der Waals surface area contributed by atoms with E-state index >= 15 is 0 Å². The van der Waals surface area contributed by atoms with Gasteiger partial charge in [0, 0.05) is 5.56 Å². The Morgan fingerprint density at radius 2 is 1.64 bits per heavy atom. The highest BCUT2D eigenvalue weighted by Crippen LogP contribution is 2.41. The van der Waals surface area contributed by atoms with E-state index in [4.69, 9.17) is 18.9 Å². The van der Waals surface area contributed by atoms with Gasteiger partial charge in [-0.1, -0.05) is 68.3 Å². The molecule has 0 saturated carbocycles. The van der Waals surface area contributed by atoms with Gasteiger partial charge in [0.05, 0.1) is 12.7 Å². The molecular formula is C24H30O4. The van der Waals surface area contributed by atoms with Crippen molar-refractivity contribution >= 4 is 0 Å². The maximum atomic E-state index is 6.43. The van der Waals surface area contributed by atoms with Gasteiger partial charge < -0.3 is 18.9 Å². The second-order valence-electron chi connectivity index (χ2n) is 7.81. The van der Waals surface area contributed by atoms with Gasteiger partial charge in [0.2, 0.25) is 0 Å². The number of aryl methyl sites for hydroxylation is 2. The summed E-state index contributed by atoms with van der Waals surface area (Å²) >= 11 is 0. The SMILES string of the molecule is CCCC[C@H]1O[C@@H]2OC(c3ccccc3)O[C@@H]2[C@H]1OCc1c(C)cccc1C. The van der Waals surface area contributed by atoms with Crippen LogP contribution in [0.3, 0.4) is 0 Å². The molecule has 2 aromatic carbocycles. The second kappa shape index (κ2) is 8.75. The van der Waals surface area contributed by atoms with Crippen LogP contribution >= 0.6 is 0 Å². The first-order chi connectivity index (χ1) is 13.7. The molecule has 5 atom stereocenters. The van der Waals surface area contributed by atoms with Crippen LogP contribution in [-0.2, 0) is 25.6 Å². The molecule has 4 nitrogen and oxygen atoms in total. The molecule has 2 aromatic rings. The highest BCUT2D eigenvalue weighted by molar-refractivity contribution is 5.32. The zero-order valence-electron chi connectivity index (χ0n) is 17.0. The van der Waals surface area contributed by atoms with E-state index in [-0.39, 0.29) is 24.6 Å². The summed E-state index contributed by atoms with van der Waals surface area (Å²) in [6.07, 6.45) is 2.13. The Hall–Kier alpha value is -1.72. The van der Waals surface area contributed by atoms with E-state index in [1.165, 1.54) is 16.7 Å². The summed E-state index contributed by atoms with van der Waals surface area (Å²) in [5, 5.41) is 0. The van der Waals surface area contributed by atoms with Crippen LogP contribution in [-0.4, -0.2) is 24.6 Å². The molecular weight excluding hydrogens is 352 g/mol. The van der Waals surface area contributed by atoms with Crippen molar-refractivity contribution in [3.63, 3.8) is 0 Å². The fraction of sp³-hybridized carbons (Fsp3) is 0.500. The quantitative estimate of drug-likeness (QED) is 0.658. The Labute approximate surface area is 167 Å². The lowest BCUT2D eigenvalue weighted by Crippen LogP contribution is -2.35. The third-order valence-electron chi connectivity index (χ3n) is 5.78. The highest BCUT2D eigenvalue weighted by atomic mass is 16.8. The third-order valence-corrected chi connectivity index (χ3v) is 5.78. The fourth-order valence-corrected chi connectivity index (χ4v) is 4.10. The molecule has 1 unspecified atom stereocenters. The van der Waals surface area contributed by atoms with Gasteiger partial charge in [0.25, 0.3) is 0 Å². The van der Waals surface area contributed by atoms with Crippen molar-refractivity contribution in [3.05, 3.63) is 70.8 Å². The number of rotatable bonds is 7. The Bertz CT molecular complexity index is 755. The number of unbranched alkanes of at least 4 members (excludes halogenated alkanes) is 1. The van der Waals surface area contributed by atoms with Crippen LogP contribution in [0.5, 0.6) is 0 Å². The number of fused-ring (bicyclic) bond motifs is 1. The average molecular weight is 383 g/mol. The maximum Gasteiger partial charge on any atom is 0.190 e. The molecule has 0 radical (unpaired) electrons. The van der Waals surface area contributed by atoms with Crippen LogP contribution in [0.4, 0.5) is 0 Å². The zero-order valence-corrected chi connectivity index (χ0v) is 17.0. The van der Waals surface area contributed by atoms with Gasteiger partial charge >= 0.3 is 0 Å². The van der Waals surface area contributed by atoms with E-state index in [0.29, 0.717) is 6.61 Å². The first kappa shape index (κ1) is 19.6. The molecule has 0 bridgehead atoms. The van der Waals surface area contributed by atoms with Gasteiger partial charge in [-0.25, -0.2) is 0 Å². The van der Waals surface area contributed by atoms with Crippen molar-refractivity contribution in [1.82, 2.24) is 0 Å². The van der Waals surface area contributed by atoms with Crippen LogP contribution in [0.1, 0.15) is 54.7 Å². The molecule has 0 aliphatic carbocycles. The van der Waals surface area contributed by atoms with E-state index in [1.54, 1.807) is 0 Å². The molecule has 0 spiro atoms. The van der Waals surface area contributed by atoms with Crippen molar-refractivity contribution < 1.29 is 18.9 Å². The Balaban J connectivity index is 1.48. The summed E-state index contributed by atoms with van der Waals surface area (Å²) in [5.41, 5.74) is 4.77. The second-order valence-corrected chi connectivity index (χ2v) is 7.81. The van der Waals surface area contributed by atoms with E-state index in [0.717, 1.165) is 24.8 Å². The molecule has 2 saturated heterocycles. The standard InChI is InChI=1S/C24H30O4/c1-4-5-14-20-21(25-15-19-16(2)10-9-11-17(19)3)22-24(26-20)28-23(27-22)18-12-7-6-8-13-18/h6-13,20-24H,4-5,14-15H2,1-3H3/t20-,21+,22-,23?,24-/m1/s1. The van der Waals surface area contributed by atoms with E-state index < -0.39 is 6.29 Å². The van der Waals surface area contributed by atoms with Gasteiger partial charge in [-0.2, -0.15) is 0 Å². The number of hydrogen-bond donors (Lipinski definition) is 0. The summed E-state index contributed by atoms with van der Waals surface area (Å²) in [4.78, 5) is 0. The van der Waals surface area contributed by atoms with E-state index in [9.17, 15) is 0 Å². The van der Waals surface area contributed by atoms with Gasteiger partial charge in [0.1, 0.15) is 12.2 Å². The summed E-state index contributed by atoms with van der Waals surface area (Å²) in [6.45, 7) is 7.03. The van der Waals surface area contributed by atoms with Crippen molar-refractivity contribution in [1.29, 1.82) is 0 Å². The molecule has 150 valence electrons. The Morgan fingerprint density at radius 1 is 0.893 bits per heavy atom. The van der Waals surface area contributed by atoms with Gasteiger partial charge in [-0.15, -0.1) is 0 Å². The summed E-state index contributed by atoms with van der Waals surface area (Å²) in [7, 11) is 0. The minimum atomic E-state index is -0.394. The lowest BCUT2D eigenvalue weighted by Gasteiger charge is -2.24. The third kappa shape index (κ3) is 4.01. The number of benzene rings is 2. The minimum Gasteiger partial charge on any atom is -0.368 e. The predicted octanol–water partition coefficient (Wildman–Crippen LogP) is 5.22. The number of ether oxygens (including phenoxy) is 4. The Kier molecular flexibility index (Phi) is 6.12. The largest absolute Gasteiger partial charge is 0.368 e. The average Bonchev–Trinajstić information content (AvgIpc) is 3.25. The van der Waals surface area contributed by atoms with Crippen molar-refractivity contribution in [2.24, 2.45) is 0 Å². The Morgan fingerprint density at radius 3 is 2.36 bits per heavy atom. The van der Waals surface area contributed by atoms with Crippen LogP contribution in [0.15, 0.2) is 48.5 Å². The molecule has 0 N–H and O–H groups in total. The summed E-state index contributed by atoms with van der Waals surface area (Å²) < 4.78 is 25.0. The normalized spacial score (nSPS) is 29.2. The lowest BCUT2D eigenvalue weighted by molar-refractivity contribution is -0.178. The fourth-order valence-electron chi connectivity index (χ4n) is 4.10. The van der Waals surface area contributed by atoms with E-state index in [2.05, 4.69) is 39.0 Å². The molecule has 4 rings (SSSR count). The highest BCUT2D eigenvalue weighted by Gasteiger charge is 2.52. The smallest absolute Gasteiger partial charge is 0.190 e. The minimum absolute atomic E-state index is 0.0102. The van der Waals surface area contributed by atoms with Crippen LogP contribution in [0.2, 0.25) is 0 Å². The molecule has 4 heteroatoms. The molecule has 0 aromatic heterocycles. The van der Waals surface area contributed by atoms with Gasteiger partial charge in [-0.3, -0.25) is 0 Å².